The first kappa shape index (κ1) is 22.9. The zero-order valence-electron chi connectivity index (χ0n) is 20.1. The van der Waals surface area contributed by atoms with Crippen molar-refractivity contribution in [1.82, 2.24) is 14.8 Å². The molecule has 7 nitrogen and oxygen atoms in total. The van der Waals surface area contributed by atoms with E-state index in [0.29, 0.717) is 41.1 Å². The standard InChI is InChI=1S/C28H28N4O3S/c1-18-26-23(28(33)30-24-10-6-5-9-21(24)15-19-7-3-2-4-8-19)16-25(20-11-12-20)29-27(26)32(31-18)22-13-14-36(34,35)17-22/h2-10,16,20,22H,11-15,17H2,1H3,(H,30,33). The van der Waals surface area contributed by atoms with Crippen LogP contribution in [0.15, 0.2) is 60.7 Å². The summed E-state index contributed by atoms with van der Waals surface area (Å²) in [7, 11) is -3.08. The van der Waals surface area contributed by atoms with Crippen molar-refractivity contribution in [2.75, 3.05) is 16.8 Å². The maximum atomic E-state index is 13.7. The molecule has 2 aliphatic rings. The second-order valence-corrected chi connectivity index (χ2v) is 12.2. The first-order valence-electron chi connectivity index (χ1n) is 12.4. The fourth-order valence-corrected chi connectivity index (χ4v) is 6.82. The topological polar surface area (TPSA) is 93.9 Å². The number of amides is 1. The average molecular weight is 501 g/mol. The number of nitrogens with zero attached hydrogens (tertiary/aromatic N) is 3. The summed E-state index contributed by atoms with van der Waals surface area (Å²) in [5.41, 5.74) is 5.71. The van der Waals surface area contributed by atoms with Crippen LogP contribution in [0, 0.1) is 6.92 Å². The lowest BCUT2D eigenvalue weighted by Gasteiger charge is -2.14. The van der Waals surface area contributed by atoms with Crippen molar-refractivity contribution in [3.05, 3.63) is 88.7 Å². The normalized spacial score (nSPS) is 19.0. The molecule has 1 N–H and O–H groups in total. The molecule has 1 aliphatic heterocycles. The highest BCUT2D eigenvalue weighted by molar-refractivity contribution is 7.91. The molecule has 1 unspecified atom stereocenters. The van der Waals surface area contributed by atoms with Gasteiger partial charge in [-0.25, -0.2) is 18.1 Å². The maximum Gasteiger partial charge on any atom is 0.256 e. The van der Waals surface area contributed by atoms with Gasteiger partial charge in [0.2, 0.25) is 0 Å². The smallest absolute Gasteiger partial charge is 0.256 e. The Morgan fingerprint density at radius 3 is 2.53 bits per heavy atom. The van der Waals surface area contributed by atoms with E-state index < -0.39 is 9.84 Å². The number of nitrogens with one attached hydrogen (secondary N) is 1. The van der Waals surface area contributed by atoms with Gasteiger partial charge in [0.1, 0.15) is 0 Å². The minimum Gasteiger partial charge on any atom is -0.322 e. The molecule has 1 aliphatic carbocycles. The summed E-state index contributed by atoms with van der Waals surface area (Å²) < 4.78 is 26.1. The van der Waals surface area contributed by atoms with Gasteiger partial charge in [0.05, 0.1) is 34.2 Å². The number of hydrogen-bond donors (Lipinski definition) is 1. The van der Waals surface area contributed by atoms with Crippen molar-refractivity contribution in [2.24, 2.45) is 0 Å². The van der Waals surface area contributed by atoms with Crippen molar-refractivity contribution in [3.63, 3.8) is 0 Å². The van der Waals surface area contributed by atoms with Gasteiger partial charge < -0.3 is 5.32 Å². The van der Waals surface area contributed by atoms with Gasteiger partial charge in [0.15, 0.2) is 15.5 Å². The third-order valence-corrected chi connectivity index (χ3v) is 8.90. The zero-order valence-corrected chi connectivity index (χ0v) is 21.0. The van der Waals surface area contributed by atoms with Crippen molar-refractivity contribution in [1.29, 1.82) is 0 Å². The summed E-state index contributed by atoms with van der Waals surface area (Å²) in [5.74, 6) is 0.354. The molecule has 3 heterocycles. The Morgan fingerprint density at radius 2 is 1.81 bits per heavy atom. The number of para-hydroxylation sites is 1. The lowest BCUT2D eigenvalue weighted by Crippen LogP contribution is -2.16. The summed E-state index contributed by atoms with van der Waals surface area (Å²) in [4.78, 5) is 18.6. The molecule has 6 rings (SSSR count). The Bertz CT molecular complexity index is 1570. The number of rotatable bonds is 6. The highest BCUT2D eigenvalue weighted by atomic mass is 32.2. The largest absolute Gasteiger partial charge is 0.322 e. The van der Waals surface area contributed by atoms with Gasteiger partial charge in [0, 0.05) is 17.3 Å². The molecule has 0 radical (unpaired) electrons. The quantitative estimate of drug-likeness (QED) is 0.410. The fraction of sp³-hybridized carbons (Fsp3) is 0.321. The lowest BCUT2D eigenvalue weighted by atomic mass is 10.0. The Kier molecular flexibility index (Phi) is 5.63. The number of carbonyl (C=O) groups excluding carboxylic acids is 1. The fourth-order valence-electron chi connectivity index (χ4n) is 5.12. The molecule has 36 heavy (non-hydrogen) atoms. The molecular formula is C28H28N4O3S. The Morgan fingerprint density at radius 1 is 1.06 bits per heavy atom. The molecule has 2 aromatic carbocycles. The summed E-state index contributed by atoms with van der Waals surface area (Å²) in [5, 5.41) is 8.53. The molecule has 1 saturated heterocycles. The van der Waals surface area contributed by atoms with Crippen molar-refractivity contribution >= 4 is 32.5 Å². The Balaban J connectivity index is 1.39. The highest BCUT2D eigenvalue weighted by Crippen LogP contribution is 2.41. The van der Waals surface area contributed by atoms with Gasteiger partial charge in [0.25, 0.3) is 5.91 Å². The molecule has 1 atom stereocenters. The number of fused-ring (bicyclic) bond motifs is 1. The molecule has 0 bridgehead atoms. The van der Waals surface area contributed by atoms with E-state index in [1.165, 1.54) is 5.56 Å². The number of pyridine rings is 1. The molecule has 0 spiro atoms. The zero-order chi connectivity index (χ0) is 24.9. The van der Waals surface area contributed by atoms with Crippen LogP contribution in [0.25, 0.3) is 11.0 Å². The SMILES string of the molecule is Cc1nn(C2CCS(=O)(=O)C2)c2nc(C3CC3)cc(C(=O)Nc3ccccc3Cc3ccccc3)c12. The van der Waals surface area contributed by atoms with E-state index in [4.69, 9.17) is 10.1 Å². The highest BCUT2D eigenvalue weighted by Gasteiger charge is 2.34. The van der Waals surface area contributed by atoms with E-state index >= 15 is 0 Å². The number of aromatic nitrogens is 3. The van der Waals surface area contributed by atoms with E-state index in [0.717, 1.165) is 29.8 Å². The van der Waals surface area contributed by atoms with Crippen LogP contribution in [-0.4, -0.2) is 40.6 Å². The van der Waals surface area contributed by atoms with Gasteiger partial charge >= 0.3 is 0 Å². The summed E-state index contributed by atoms with van der Waals surface area (Å²) in [6.07, 6.45) is 3.32. The van der Waals surface area contributed by atoms with Crippen LogP contribution in [0.5, 0.6) is 0 Å². The monoisotopic (exact) mass is 500 g/mol. The van der Waals surface area contributed by atoms with E-state index in [1.54, 1.807) is 4.68 Å². The first-order valence-corrected chi connectivity index (χ1v) is 14.2. The second kappa shape index (κ2) is 8.85. The number of hydrogen-bond acceptors (Lipinski definition) is 5. The predicted molar refractivity (Wildman–Crippen MR) is 140 cm³/mol. The lowest BCUT2D eigenvalue weighted by molar-refractivity contribution is 0.102. The van der Waals surface area contributed by atoms with Gasteiger partial charge in [-0.2, -0.15) is 5.10 Å². The van der Waals surface area contributed by atoms with Crippen LogP contribution >= 0.6 is 0 Å². The van der Waals surface area contributed by atoms with E-state index in [2.05, 4.69) is 17.4 Å². The second-order valence-electron chi connectivity index (χ2n) is 9.93. The van der Waals surface area contributed by atoms with Gasteiger partial charge in [-0.3, -0.25) is 4.79 Å². The van der Waals surface area contributed by atoms with Crippen molar-refractivity contribution < 1.29 is 13.2 Å². The van der Waals surface area contributed by atoms with Gasteiger partial charge in [-0.05, 0) is 55.9 Å². The van der Waals surface area contributed by atoms with Gasteiger partial charge in [-0.15, -0.1) is 0 Å². The number of benzene rings is 2. The molecule has 2 aromatic heterocycles. The van der Waals surface area contributed by atoms with Crippen LogP contribution in [0.2, 0.25) is 0 Å². The number of aryl methyl sites for hydroxylation is 1. The third kappa shape index (κ3) is 4.41. The molecule has 4 aromatic rings. The number of sulfone groups is 1. The van der Waals surface area contributed by atoms with E-state index in [9.17, 15) is 13.2 Å². The van der Waals surface area contributed by atoms with Crippen LogP contribution in [0.4, 0.5) is 5.69 Å². The predicted octanol–water partition coefficient (Wildman–Crippen LogP) is 4.82. The van der Waals surface area contributed by atoms with Crippen molar-refractivity contribution in [2.45, 2.75) is 44.6 Å². The minimum absolute atomic E-state index is 0.0624. The Hall–Kier alpha value is -3.52. The molecule has 184 valence electrons. The molecule has 1 saturated carbocycles. The number of anilines is 1. The molecular weight excluding hydrogens is 472 g/mol. The van der Waals surface area contributed by atoms with Crippen LogP contribution < -0.4 is 5.32 Å². The van der Waals surface area contributed by atoms with Crippen molar-refractivity contribution in [3.8, 4) is 0 Å². The van der Waals surface area contributed by atoms with Gasteiger partial charge in [-0.1, -0.05) is 48.5 Å². The maximum absolute atomic E-state index is 13.7. The van der Waals surface area contributed by atoms with E-state index in [-0.39, 0.29) is 23.5 Å². The van der Waals surface area contributed by atoms with Crippen LogP contribution in [0.3, 0.4) is 0 Å². The Labute approximate surface area is 210 Å². The first-order chi connectivity index (χ1) is 17.4. The minimum atomic E-state index is -3.08. The molecule has 2 fully saturated rings. The summed E-state index contributed by atoms with van der Waals surface area (Å²) in [6, 6.07) is 19.7. The molecule has 1 amide bonds. The number of carbonyl (C=O) groups is 1. The third-order valence-electron chi connectivity index (χ3n) is 7.15. The summed E-state index contributed by atoms with van der Waals surface area (Å²) >= 11 is 0. The van der Waals surface area contributed by atoms with Crippen LogP contribution in [0.1, 0.15) is 64.1 Å². The summed E-state index contributed by atoms with van der Waals surface area (Å²) in [6.45, 7) is 1.86. The average Bonchev–Trinajstić information content (AvgIpc) is 3.58. The van der Waals surface area contributed by atoms with E-state index in [1.807, 2.05) is 55.5 Å². The molecule has 8 heteroatoms. The van der Waals surface area contributed by atoms with Crippen LogP contribution in [-0.2, 0) is 16.3 Å².